The van der Waals surface area contributed by atoms with Gasteiger partial charge in [0.1, 0.15) is 0 Å². The third-order valence-corrected chi connectivity index (χ3v) is 2.18. The normalized spacial score (nSPS) is 10.3. The molecule has 0 saturated heterocycles. The van der Waals surface area contributed by atoms with Crippen molar-refractivity contribution >= 4 is 17.8 Å². The van der Waals surface area contributed by atoms with Crippen LogP contribution >= 0.6 is 0 Å². The predicted molar refractivity (Wildman–Crippen MR) is 62.2 cm³/mol. The lowest BCUT2D eigenvalue weighted by atomic mass is 10.0. The molecule has 0 unspecified atom stereocenters. The van der Waals surface area contributed by atoms with Crippen LogP contribution in [0.15, 0.2) is 24.3 Å². The van der Waals surface area contributed by atoms with Crippen LogP contribution < -0.4 is 0 Å². The lowest BCUT2D eigenvalue weighted by Crippen LogP contribution is -1.87. The highest BCUT2D eigenvalue weighted by atomic mass is 16.3. The molecule has 0 fully saturated rings. The smallest absolute Gasteiger partial charge is 0.208 e. The van der Waals surface area contributed by atoms with Gasteiger partial charge in [0.05, 0.1) is 0 Å². The molecule has 0 saturated carbocycles. The molecule has 2 heteroatoms. The predicted octanol–water partition coefficient (Wildman–Crippen LogP) is 3.15. The van der Waals surface area contributed by atoms with Gasteiger partial charge in [-0.2, -0.15) is 0 Å². The fourth-order valence-electron chi connectivity index (χ4n) is 1.27. The fourth-order valence-corrected chi connectivity index (χ4v) is 1.27. The molecule has 1 aromatic rings. The van der Waals surface area contributed by atoms with E-state index < -0.39 is 0 Å². The van der Waals surface area contributed by atoms with Crippen LogP contribution in [0.25, 0.3) is 11.8 Å². The van der Waals surface area contributed by atoms with Gasteiger partial charge in [-0.15, -0.1) is 0 Å². The van der Waals surface area contributed by atoms with E-state index in [4.69, 9.17) is 0 Å². The second-order valence-corrected chi connectivity index (χ2v) is 3.33. The molecule has 0 atom stereocenters. The van der Waals surface area contributed by atoms with Crippen LogP contribution in [0, 0.1) is 6.92 Å². The van der Waals surface area contributed by atoms with E-state index in [0.717, 1.165) is 17.5 Å². The van der Waals surface area contributed by atoms with E-state index in [9.17, 15) is 9.90 Å². The summed E-state index contributed by atoms with van der Waals surface area (Å²) >= 11 is 0. The van der Waals surface area contributed by atoms with Crippen LogP contribution in [0.5, 0.6) is 0 Å². The summed E-state index contributed by atoms with van der Waals surface area (Å²) in [5.41, 5.74) is 2.63. The van der Waals surface area contributed by atoms with Gasteiger partial charge in [-0.1, -0.05) is 31.2 Å². The molecular weight excluding hydrogens is 188 g/mol. The Morgan fingerprint density at radius 3 is 2.87 bits per heavy atom. The highest BCUT2D eigenvalue weighted by Crippen LogP contribution is 2.16. The lowest BCUT2D eigenvalue weighted by Gasteiger charge is -2.03. The maximum atomic E-state index is 10.3. The number of rotatable bonds is 3. The van der Waals surface area contributed by atoms with Crippen LogP contribution in [-0.2, 0) is 4.79 Å². The second kappa shape index (κ2) is 5.18. The third kappa shape index (κ3) is 2.83. The summed E-state index contributed by atoms with van der Waals surface area (Å²) in [4.78, 5) is 10.3. The van der Waals surface area contributed by atoms with Crippen molar-refractivity contribution in [2.45, 2.75) is 20.3 Å². The maximum absolute atomic E-state index is 10.3. The van der Waals surface area contributed by atoms with Crippen molar-refractivity contribution in [3.05, 3.63) is 41.0 Å². The topological polar surface area (TPSA) is 37.3 Å². The number of hydrogen-bond donors (Lipinski definition) is 1. The summed E-state index contributed by atoms with van der Waals surface area (Å²) in [6.07, 6.45) is 4.98. The Morgan fingerprint density at radius 1 is 1.53 bits per heavy atom. The van der Waals surface area contributed by atoms with E-state index in [2.05, 4.69) is 6.92 Å². The van der Waals surface area contributed by atoms with E-state index in [1.165, 1.54) is 5.94 Å². The first-order valence-electron chi connectivity index (χ1n) is 4.90. The minimum absolute atomic E-state index is 0.346. The molecule has 0 spiro atoms. The summed E-state index contributed by atoms with van der Waals surface area (Å²) in [7, 11) is 0. The van der Waals surface area contributed by atoms with Crippen LogP contribution in [-0.4, -0.2) is 11.0 Å². The number of carbonyl (C=O) groups excluding carboxylic acids is 1. The lowest BCUT2D eigenvalue weighted by molar-refractivity contribution is 0.503. The Hall–Kier alpha value is -1.79. The van der Waals surface area contributed by atoms with Crippen LogP contribution in [0.3, 0.4) is 0 Å². The molecule has 1 aromatic carbocycles. The van der Waals surface area contributed by atoms with Crippen molar-refractivity contribution in [2.75, 3.05) is 0 Å². The van der Waals surface area contributed by atoms with E-state index in [1.807, 2.05) is 25.1 Å². The molecule has 0 aliphatic heterocycles. The summed E-state index contributed by atoms with van der Waals surface area (Å²) < 4.78 is 0. The van der Waals surface area contributed by atoms with Gasteiger partial charge in [-0.3, -0.25) is 0 Å². The first kappa shape index (κ1) is 11.3. The van der Waals surface area contributed by atoms with Crippen molar-refractivity contribution in [1.29, 1.82) is 0 Å². The molecule has 0 aromatic heterocycles. The van der Waals surface area contributed by atoms with Crippen LogP contribution in [0.2, 0.25) is 0 Å². The third-order valence-electron chi connectivity index (χ3n) is 2.18. The number of benzene rings is 1. The van der Waals surface area contributed by atoms with Crippen molar-refractivity contribution in [3.8, 4) is 0 Å². The van der Waals surface area contributed by atoms with Crippen LogP contribution in [0.1, 0.15) is 30.0 Å². The van der Waals surface area contributed by atoms with Gasteiger partial charge in [-0.25, -0.2) is 4.79 Å². The molecule has 0 radical (unpaired) electrons. The molecule has 1 rings (SSSR count). The summed E-state index contributed by atoms with van der Waals surface area (Å²) in [5, 5.41) is 9.24. The minimum atomic E-state index is -0.346. The Morgan fingerprint density at radius 2 is 2.27 bits per heavy atom. The minimum Gasteiger partial charge on any atom is -0.499 e. The zero-order valence-electron chi connectivity index (χ0n) is 8.95. The van der Waals surface area contributed by atoms with Crippen molar-refractivity contribution in [3.63, 3.8) is 0 Å². The standard InChI is InChI=1S/C13H14O2/c1-3-4-5-11-8-12(13(15)9-14)7-6-10(11)2/h4-8,15H,3H2,1-2H3/b5-4-. The van der Waals surface area contributed by atoms with Gasteiger partial charge < -0.3 is 5.11 Å². The SMILES string of the molecule is CC/C=C\c1cc(C(O)=C=O)ccc1C. The average molecular weight is 202 g/mol. The number of aliphatic hydroxyl groups is 1. The van der Waals surface area contributed by atoms with Gasteiger partial charge >= 0.3 is 0 Å². The molecule has 15 heavy (non-hydrogen) atoms. The zero-order valence-corrected chi connectivity index (χ0v) is 8.95. The van der Waals surface area contributed by atoms with Crippen molar-refractivity contribution in [2.24, 2.45) is 0 Å². The number of hydrogen-bond acceptors (Lipinski definition) is 2. The number of allylic oxidation sites excluding steroid dienone is 1. The van der Waals surface area contributed by atoms with Crippen LogP contribution in [0.4, 0.5) is 0 Å². The van der Waals surface area contributed by atoms with E-state index in [-0.39, 0.29) is 5.76 Å². The first-order valence-corrected chi connectivity index (χ1v) is 4.90. The molecule has 0 amide bonds. The van der Waals surface area contributed by atoms with Gasteiger partial charge in [0.2, 0.25) is 5.76 Å². The molecule has 78 valence electrons. The largest absolute Gasteiger partial charge is 0.499 e. The molecular formula is C13H14O2. The number of aliphatic hydroxyl groups excluding tert-OH is 1. The van der Waals surface area contributed by atoms with E-state index in [0.29, 0.717) is 5.56 Å². The monoisotopic (exact) mass is 202 g/mol. The fraction of sp³-hybridized carbons (Fsp3) is 0.231. The summed E-state index contributed by atoms with van der Waals surface area (Å²) in [6.45, 7) is 4.04. The Kier molecular flexibility index (Phi) is 3.90. The quantitative estimate of drug-likeness (QED) is 0.604. The molecule has 2 nitrogen and oxygen atoms in total. The molecule has 0 aliphatic carbocycles. The highest BCUT2D eigenvalue weighted by Gasteiger charge is 2.02. The van der Waals surface area contributed by atoms with Gasteiger partial charge in [-0.05, 0) is 30.5 Å². The molecule has 0 bridgehead atoms. The molecule has 0 aliphatic rings. The molecule has 1 N–H and O–H groups in total. The number of aryl methyl sites for hydroxylation is 1. The first-order chi connectivity index (χ1) is 7.19. The Balaban J connectivity index is 3.16. The summed E-state index contributed by atoms with van der Waals surface area (Å²) in [6, 6.07) is 5.36. The van der Waals surface area contributed by atoms with E-state index in [1.54, 1.807) is 12.1 Å². The highest BCUT2D eigenvalue weighted by molar-refractivity contribution is 5.83. The van der Waals surface area contributed by atoms with Gasteiger partial charge in [0.15, 0.2) is 5.94 Å². The second-order valence-electron chi connectivity index (χ2n) is 3.33. The average Bonchev–Trinajstić information content (AvgIpc) is 2.27. The van der Waals surface area contributed by atoms with Crippen molar-refractivity contribution in [1.82, 2.24) is 0 Å². The van der Waals surface area contributed by atoms with Gasteiger partial charge in [0, 0.05) is 5.56 Å². The van der Waals surface area contributed by atoms with Crippen molar-refractivity contribution < 1.29 is 9.90 Å². The molecule has 0 heterocycles. The van der Waals surface area contributed by atoms with E-state index >= 15 is 0 Å². The zero-order chi connectivity index (χ0) is 11.3. The maximum Gasteiger partial charge on any atom is 0.208 e. The Labute approximate surface area is 89.6 Å². The Bertz CT molecular complexity index is 424. The van der Waals surface area contributed by atoms with Gasteiger partial charge in [0.25, 0.3) is 0 Å². The summed E-state index contributed by atoms with van der Waals surface area (Å²) in [5.74, 6) is 1.14.